The van der Waals surface area contributed by atoms with E-state index in [4.69, 9.17) is 0 Å². The van der Waals surface area contributed by atoms with Crippen molar-refractivity contribution in [1.82, 2.24) is 0 Å². The van der Waals surface area contributed by atoms with Gasteiger partial charge in [-0.2, -0.15) is 6.08 Å². The molecule has 22 heavy (non-hydrogen) atoms. The zero-order valence-electron chi connectivity index (χ0n) is 13.1. The minimum absolute atomic E-state index is 0. The van der Waals surface area contributed by atoms with Crippen molar-refractivity contribution >= 4 is 21.5 Å². The van der Waals surface area contributed by atoms with Gasteiger partial charge in [0.05, 0.1) is 0 Å². The molecule has 0 saturated heterocycles. The number of hydrogen-bond donors (Lipinski definition) is 0. The molecule has 1 heteroatoms. The predicted molar refractivity (Wildman–Crippen MR) is 92.4 cm³/mol. The van der Waals surface area contributed by atoms with Crippen LogP contribution in [-0.4, -0.2) is 0 Å². The van der Waals surface area contributed by atoms with E-state index in [1.165, 1.54) is 27.1 Å². The van der Waals surface area contributed by atoms with Crippen molar-refractivity contribution in [3.8, 4) is 0 Å². The molecule has 0 atom stereocenters. The second-order valence-corrected chi connectivity index (χ2v) is 5.71. The minimum atomic E-state index is 0. The Balaban J connectivity index is 0.000000172. The van der Waals surface area contributed by atoms with Gasteiger partial charge < -0.3 is 0 Å². The van der Waals surface area contributed by atoms with Gasteiger partial charge >= 0.3 is 26.2 Å². The molecule has 0 nitrogen and oxygen atoms in total. The van der Waals surface area contributed by atoms with Crippen molar-refractivity contribution in [2.45, 2.75) is 20.3 Å². The van der Waals surface area contributed by atoms with Gasteiger partial charge in [-0.15, -0.1) is 46.2 Å². The largest absolute Gasteiger partial charge is 2.00 e. The van der Waals surface area contributed by atoms with E-state index < -0.39 is 0 Å². The second kappa shape index (κ2) is 7.79. The fraction of sp³-hybridized carbons (Fsp3) is 0.190. The number of hydrogen-bond acceptors (Lipinski definition) is 0. The van der Waals surface area contributed by atoms with Crippen LogP contribution >= 0.6 is 0 Å². The van der Waals surface area contributed by atoms with Gasteiger partial charge in [0.25, 0.3) is 0 Å². The Morgan fingerprint density at radius 3 is 1.86 bits per heavy atom. The Bertz CT molecular complexity index is 753. The molecular weight excluding hydrogens is 343 g/mol. The van der Waals surface area contributed by atoms with Crippen molar-refractivity contribution < 1.29 is 26.2 Å². The molecule has 4 rings (SSSR count). The number of rotatable bonds is 1. The summed E-state index contributed by atoms with van der Waals surface area (Å²) in [5.41, 5.74) is 1.37. The van der Waals surface area contributed by atoms with Crippen molar-refractivity contribution in [3.05, 3.63) is 78.4 Å². The summed E-state index contributed by atoms with van der Waals surface area (Å²) in [5, 5.41) is 5.39. The van der Waals surface area contributed by atoms with Crippen LogP contribution < -0.4 is 0 Å². The number of benzene rings is 2. The van der Waals surface area contributed by atoms with E-state index in [2.05, 4.69) is 86.7 Å². The smallest absolute Gasteiger partial charge is 0.269 e. The standard InChI is InChI=1S/C13H9.C8H11.Zr/c1-3-7-12-10(5-1)9-11-6-2-4-8-13(11)12;1-7(2)8-5-3-4-6-8;/h1-9H;3,5,7H,4H2,1-2H3;/q2*-1;+2. The normalized spacial score (nSPS) is 13.0. The zero-order chi connectivity index (χ0) is 14.7. The summed E-state index contributed by atoms with van der Waals surface area (Å²) in [4.78, 5) is 0. The van der Waals surface area contributed by atoms with Crippen molar-refractivity contribution in [1.29, 1.82) is 0 Å². The van der Waals surface area contributed by atoms with Gasteiger partial charge in [-0.1, -0.05) is 56.2 Å². The molecule has 0 heterocycles. The second-order valence-electron chi connectivity index (χ2n) is 5.71. The summed E-state index contributed by atoms with van der Waals surface area (Å²) in [5.74, 6) is 0.661. The molecule has 1 aliphatic carbocycles. The number of allylic oxidation sites excluding steroid dienone is 4. The van der Waals surface area contributed by atoms with Crippen LogP contribution in [0.3, 0.4) is 0 Å². The first-order valence-electron chi connectivity index (χ1n) is 7.56. The van der Waals surface area contributed by atoms with Crippen LogP contribution in [0.5, 0.6) is 0 Å². The van der Waals surface area contributed by atoms with E-state index in [1.54, 1.807) is 0 Å². The van der Waals surface area contributed by atoms with E-state index >= 15 is 0 Å². The van der Waals surface area contributed by atoms with Crippen molar-refractivity contribution in [2.75, 3.05) is 0 Å². The van der Waals surface area contributed by atoms with Crippen LogP contribution in [0.1, 0.15) is 20.3 Å². The quantitative estimate of drug-likeness (QED) is 0.462. The molecule has 0 unspecified atom stereocenters. The summed E-state index contributed by atoms with van der Waals surface area (Å²) >= 11 is 0. The Kier molecular flexibility index (Phi) is 6.03. The molecule has 0 bridgehead atoms. The van der Waals surface area contributed by atoms with Crippen LogP contribution in [0.25, 0.3) is 21.5 Å². The molecular formula is C21H20Zr. The topological polar surface area (TPSA) is 0 Å². The Labute approximate surface area is 152 Å². The maximum absolute atomic E-state index is 3.26. The summed E-state index contributed by atoms with van der Waals surface area (Å²) in [7, 11) is 0. The molecule has 0 spiro atoms. The molecule has 0 radical (unpaired) electrons. The van der Waals surface area contributed by atoms with E-state index in [1.807, 2.05) is 0 Å². The summed E-state index contributed by atoms with van der Waals surface area (Å²) in [6.45, 7) is 4.38. The zero-order valence-corrected chi connectivity index (χ0v) is 15.6. The van der Waals surface area contributed by atoms with Gasteiger partial charge in [0.1, 0.15) is 0 Å². The summed E-state index contributed by atoms with van der Waals surface area (Å²) < 4.78 is 0. The average Bonchev–Trinajstić information content (AvgIpc) is 3.15. The van der Waals surface area contributed by atoms with E-state index in [9.17, 15) is 0 Å². The van der Waals surface area contributed by atoms with Gasteiger partial charge in [0, 0.05) is 0 Å². The van der Waals surface area contributed by atoms with Gasteiger partial charge in [0.2, 0.25) is 0 Å². The van der Waals surface area contributed by atoms with Crippen molar-refractivity contribution in [3.63, 3.8) is 0 Å². The molecule has 108 valence electrons. The molecule has 0 amide bonds. The predicted octanol–water partition coefficient (Wildman–Crippen LogP) is 6.04. The Morgan fingerprint density at radius 2 is 1.45 bits per heavy atom. The molecule has 0 saturated carbocycles. The first kappa shape index (κ1) is 17.0. The van der Waals surface area contributed by atoms with Gasteiger partial charge in [-0.25, -0.2) is 11.6 Å². The fourth-order valence-corrected chi connectivity index (χ4v) is 2.72. The van der Waals surface area contributed by atoms with Crippen LogP contribution in [-0.2, 0) is 26.2 Å². The van der Waals surface area contributed by atoms with Crippen LogP contribution in [0, 0.1) is 12.0 Å². The van der Waals surface area contributed by atoms with Crippen LogP contribution in [0.15, 0.2) is 72.3 Å². The minimum Gasteiger partial charge on any atom is -0.269 e. The van der Waals surface area contributed by atoms with E-state index in [-0.39, 0.29) is 26.2 Å². The summed E-state index contributed by atoms with van der Waals surface area (Å²) in [6, 6.07) is 19.3. The SMILES string of the molecule is CC(C)C1=[C-]CC=C1.[Zr+2].c1ccc2c(c1)[cH-]c1ccccc12. The third-order valence-corrected chi connectivity index (χ3v) is 3.87. The maximum atomic E-state index is 3.26. The third kappa shape index (κ3) is 3.71. The average molecular weight is 364 g/mol. The van der Waals surface area contributed by atoms with E-state index in [0.717, 1.165) is 6.42 Å². The van der Waals surface area contributed by atoms with Crippen LogP contribution in [0.4, 0.5) is 0 Å². The Morgan fingerprint density at radius 1 is 0.909 bits per heavy atom. The molecule has 0 N–H and O–H groups in total. The van der Waals surface area contributed by atoms with Crippen LogP contribution in [0.2, 0.25) is 0 Å². The number of fused-ring (bicyclic) bond motifs is 3. The molecule has 3 aromatic carbocycles. The molecule has 0 fully saturated rings. The van der Waals surface area contributed by atoms with Gasteiger partial charge in [-0.05, 0) is 0 Å². The van der Waals surface area contributed by atoms with Gasteiger partial charge in [0.15, 0.2) is 0 Å². The first-order valence-corrected chi connectivity index (χ1v) is 7.56. The molecule has 0 aromatic heterocycles. The van der Waals surface area contributed by atoms with Crippen molar-refractivity contribution in [2.24, 2.45) is 5.92 Å². The maximum Gasteiger partial charge on any atom is 2.00 e. The molecule has 1 aliphatic rings. The third-order valence-electron chi connectivity index (χ3n) is 3.87. The first-order chi connectivity index (χ1) is 10.3. The summed E-state index contributed by atoms with van der Waals surface area (Å²) in [6.07, 6.45) is 8.59. The monoisotopic (exact) mass is 362 g/mol. The van der Waals surface area contributed by atoms with Gasteiger partial charge in [-0.3, -0.25) is 6.08 Å². The Hall–Kier alpha value is -1.33. The van der Waals surface area contributed by atoms with E-state index in [0.29, 0.717) is 5.92 Å². The molecule has 3 aromatic rings. The fourth-order valence-electron chi connectivity index (χ4n) is 2.72. The molecule has 0 aliphatic heterocycles.